The second-order valence-electron chi connectivity index (χ2n) is 4.59. The highest BCUT2D eigenvalue weighted by molar-refractivity contribution is 8.93. The van der Waals surface area contributed by atoms with E-state index in [0.29, 0.717) is 0 Å². The summed E-state index contributed by atoms with van der Waals surface area (Å²) < 4.78 is 10.5. The Kier molecular flexibility index (Phi) is 6.01. The molecule has 6 heteroatoms. The number of para-hydroxylation sites is 2. The standard InChI is InChI=1S/C17H16N2O2S.BrH/c1-20-13-9-7-12(8-10-13)15-11-22-17(19-15)18-14-5-3-4-6-16(14)21-2;/h3-11H,1-2H3,(H,18,19);1H. The monoisotopic (exact) mass is 392 g/mol. The van der Waals surface area contributed by atoms with E-state index in [1.807, 2.05) is 53.9 Å². The lowest BCUT2D eigenvalue weighted by molar-refractivity contribution is 0.415. The topological polar surface area (TPSA) is 43.4 Å². The molecule has 3 aromatic rings. The van der Waals surface area contributed by atoms with E-state index < -0.39 is 0 Å². The Labute approximate surface area is 149 Å². The van der Waals surface area contributed by atoms with Crippen molar-refractivity contribution < 1.29 is 9.47 Å². The molecule has 1 aromatic heterocycles. The molecule has 0 atom stereocenters. The normalized spacial score (nSPS) is 9.83. The van der Waals surface area contributed by atoms with Crippen molar-refractivity contribution >= 4 is 39.1 Å². The number of halogens is 1. The van der Waals surface area contributed by atoms with Crippen molar-refractivity contribution in [2.24, 2.45) is 0 Å². The number of hydrogen-bond acceptors (Lipinski definition) is 5. The van der Waals surface area contributed by atoms with Gasteiger partial charge in [-0.3, -0.25) is 0 Å². The van der Waals surface area contributed by atoms with Crippen molar-refractivity contribution in [1.29, 1.82) is 0 Å². The zero-order valence-electron chi connectivity index (χ0n) is 12.8. The summed E-state index contributed by atoms with van der Waals surface area (Å²) in [5.74, 6) is 1.63. The third-order valence-corrected chi connectivity index (χ3v) is 4.00. The van der Waals surface area contributed by atoms with Crippen LogP contribution in [0.1, 0.15) is 0 Å². The number of rotatable bonds is 5. The number of nitrogens with zero attached hydrogens (tertiary/aromatic N) is 1. The Hall–Kier alpha value is -2.05. The van der Waals surface area contributed by atoms with Crippen molar-refractivity contribution in [3.05, 3.63) is 53.9 Å². The highest BCUT2D eigenvalue weighted by Gasteiger charge is 2.07. The van der Waals surface area contributed by atoms with Crippen molar-refractivity contribution in [2.75, 3.05) is 19.5 Å². The maximum atomic E-state index is 5.33. The van der Waals surface area contributed by atoms with Crippen LogP contribution in [0.15, 0.2) is 53.9 Å². The van der Waals surface area contributed by atoms with Gasteiger partial charge in [0.05, 0.1) is 25.6 Å². The molecule has 0 aliphatic heterocycles. The van der Waals surface area contributed by atoms with Gasteiger partial charge >= 0.3 is 0 Å². The maximum Gasteiger partial charge on any atom is 0.187 e. The van der Waals surface area contributed by atoms with E-state index in [1.165, 1.54) is 0 Å². The largest absolute Gasteiger partial charge is 0.497 e. The average Bonchev–Trinajstić information content (AvgIpc) is 3.04. The van der Waals surface area contributed by atoms with Crippen molar-refractivity contribution in [3.63, 3.8) is 0 Å². The summed E-state index contributed by atoms with van der Waals surface area (Å²) in [6.45, 7) is 0. The Morgan fingerprint density at radius 1 is 0.957 bits per heavy atom. The first-order chi connectivity index (χ1) is 10.8. The Morgan fingerprint density at radius 3 is 2.39 bits per heavy atom. The third-order valence-electron chi connectivity index (χ3n) is 3.24. The average molecular weight is 393 g/mol. The number of methoxy groups -OCH3 is 2. The molecule has 1 N–H and O–H groups in total. The SMILES string of the molecule is Br.COc1ccc(-c2csc(Nc3ccccc3OC)n2)cc1. The minimum Gasteiger partial charge on any atom is -0.497 e. The molecule has 3 rings (SSSR count). The predicted molar refractivity (Wildman–Crippen MR) is 101 cm³/mol. The lowest BCUT2D eigenvalue weighted by atomic mass is 10.2. The molecule has 0 radical (unpaired) electrons. The van der Waals surface area contributed by atoms with E-state index in [0.717, 1.165) is 33.6 Å². The lowest BCUT2D eigenvalue weighted by Crippen LogP contribution is -1.93. The Morgan fingerprint density at radius 2 is 1.70 bits per heavy atom. The van der Waals surface area contributed by atoms with Gasteiger partial charge in [-0.2, -0.15) is 0 Å². The van der Waals surface area contributed by atoms with Gasteiger partial charge in [0.15, 0.2) is 5.13 Å². The van der Waals surface area contributed by atoms with Crippen LogP contribution in [0, 0.1) is 0 Å². The van der Waals surface area contributed by atoms with Crippen LogP contribution < -0.4 is 14.8 Å². The maximum absolute atomic E-state index is 5.33. The number of ether oxygens (including phenoxy) is 2. The van der Waals surface area contributed by atoms with Crippen LogP contribution in [0.5, 0.6) is 11.5 Å². The fraction of sp³-hybridized carbons (Fsp3) is 0.118. The minimum atomic E-state index is 0. The molecule has 0 saturated heterocycles. The van der Waals surface area contributed by atoms with Crippen molar-refractivity contribution in [3.8, 4) is 22.8 Å². The van der Waals surface area contributed by atoms with Crippen molar-refractivity contribution in [2.45, 2.75) is 0 Å². The summed E-state index contributed by atoms with van der Waals surface area (Å²) in [5.41, 5.74) is 2.90. The van der Waals surface area contributed by atoms with Gasteiger partial charge in [-0.15, -0.1) is 28.3 Å². The summed E-state index contributed by atoms with van der Waals surface area (Å²) in [7, 11) is 3.32. The molecule has 23 heavy (non-hydrogen) atoms. The number of anilines is 2. The minimum absolute atomic E-state index is 0. The van der Waals surface area contributed by atoms with E-state index in [-0.39, 0.29) is 17.0 Å². The Balaban J connectivity index is 0.00000192. The predicted octanol–water partition coefficient (Wildman–Crippen LogP) is 5.15. The number of nitrogens with one attached hydrogen (secondary N) is 1. The highest BCUT2D eigenvalue weighted by Crippen LogP contribution is 2.31. The van der Waals surface area contributed by atoms with Crippen molar-refractivity contribution in [1.82, 2.24) is 4.98 Å². The lowest BCUT2D eigenvalue weighted by Gasteiger charge is -2.08. The van der Waals surface area contributed by atoms with E-state index in [2.05, 4.69) is 10.3 Å². The summed E-state index contributed by atoms with van der Waals surface area (Å²) in [6, 6.07) is 15.6. The van der Waals surface area contributed by atoms with Crippen LogP contribution >= 0.6 is 28.3 Å². The number of thiazole rings is 1. The van der Waals surface area contributed by atoms with E-state index in [1.54, 1.807) is 25.6 Å². The summed E-state index contributed by atoms with van der Waals surface area (Å²) in [5, 5.41) is 6.15. The van der Waals surface area contributed by atoms with Gasteiger partial charge < -0.3 is 14.8 Å². The summed E-state index contributed by atoms with van der Waals surface area (Å²) >= 11 is 1.56. The number of hydrogen-bond donors (Lipinski definition) is 1. The molecule has 120 valence electrons. The zero-order chi connectivity index (χ0) is 15.4. The van der Waals surface area contributed by atoms with Crippen LogP contribution in [0.2, 0.25) is 0 Å². The van der Waals surface area contributed by atoms with E-state index >= 15 is 0 Å². The molecular formula is C17H17BrN2O2S. The second-order valence-corrected chi connectivity index (χ2v) is 5.45. The van der Waals surface area contributed by atoms with Gasteiger partial charge in [-0.05, 0) is 36.4 Å². The third kappa shape index (κ3) is 4.03. The van der Waals surface area contributed by atoms with Crippen LogP contribution in [0.3, 0.4) is 0 Å². The zero-order valence-corrected chi connectivity index (χ0v) is 15.3. The van der Waals surface area contributed by atoms with Gasteiger partial charge in [0.25, 0.3) is 0 Å². The van der Waals surface area contributed by atoms with E-state index in [9.17, 15) is 0 Å². The van der Waals surface area contributed by atoms with Gasteiger partial charge in [-0.25, -0.2) is 4.98 Å². The molecule has 2 aromatic carbocycles. The van der Waals surface area contributed by atoms with Gasteiger partial charge in [0.2, 0.25) is 0 Å². The molecule has 0 aliphatic carbocycles. The van der Waals surface area contributed by atoms with Gasteiger partial charge in [0, 0.05) is 10.9 Å². The molecule has 0 unspecified atom stereocenters. The quantitative estimate of drug-likeness (QED) is 0.651. The van der Waals surface area contributed by atoms with E-state index in [4.69, 9.17) is 9.47 Å². The first kappa shape index (κ1) is 17.3. The van der Waals surface area contributed by atoms with Crippen LogP contribution in [0.25, 0.3) is 11.3 Å². The molecule has 0 fully saturated rings. The smallest absolute Gasteiger partial charge is 0.187 e. The molecule has 0 amide bonds. The first-order valence-corrected chi connectivity index (χ1v) is 7.68. The Bertz CT molecular complexity index is 759. The molecule has 1 heterocycles. The molecule has 0 aliphatic rings. The number of aromatic nitrogens is 1. The molecule has 0 spiro atoms. The molecule has 0 bridgehead atoms. The fourth-order valence-electron chi connectivity index (χ4n) is 2.09. The van der Waals surface area contributed by atoms with Crippen LogP contribution in [-0.4, -0.2) is 19.2 Å². The summed E-state index contributed by atoms with van der Waals surface area (Å²) in [4.78, 5) is 4.62. The van der Waals surface area contributed by atoms with Crippen LogP contribution in [-0.2, 0) is 0 Å². The highest BCUT2D eigenvalue weighted by atomic mass is 79.9. The molecule has 4 nitrogen and oxygen atoms in total. The van der Waals surface area contributed by atoms with Gasteiger partial charge in [0.1, 0.15) is 11.5 Å². The second kappa shape index (κ2) is 7.99. The fourth-order valence-corrected chi connectivity index (χ4v) is 2.82. The number of benzene rings is 2. The molecular weight excluding hydrogens is 376 g/mol. The molecule has 0 saturated carbocycles. The van der Waals surface area contributed by atoms with Gasteiger partial charge in [-0.1, -0.05) is 12.1 Å². The first-order valence-electron chi connectivity index (χ1n) is 6.80. The van der Waals surface area contributed by atoms with Crippen LogP contribution in [0.4, 0.5) is 10.8 Å². The summed E-state index contributed by atoms with van der Waals surface area (Å²) in [6.07, 6.45) is 0.